The van der Waals surface area contributed by atoms with E-state index in [2.05, 4.69) is 17.6 Å². The van der Waals surface area contributed by atoms with Crippen LogP contribution in [0.5, 0.6) is 17.2 Å². The molecule has 8 nitrogen and oxygen atoms in total. The molecule has 1 aliphatic carbocycles. The summed E-state index contributed by atoms with van der Waals surface area (Å²) in [6, 6.07) is 10.5. The smallest absolute Gasteiger partial charge is 0.338 e. The third kappa shape index (κ3) is 5.72. The Balaban J connectivity index is 1.60. The number of fused-ring (bicyclic) bond motifs is 1. The average Bonchev–Trinajstić information content (AvgIpc) is 3.29. The number of anilines is 2. The third-order valence-corrected chi connectivity index (χ3v) is 7.83. The van der Waals surface area contributed by atoms with Crippen LogP contribution in [0.15, 0.2) is 36.4 Å². The number of methoxy groups -OCH3 is 3. The van der Waals surface area contributed by atoms with Crippen molar-refractivity contribution < 1.29 is 28.5 Å². The summed E-state index contributed by atoms with van der Waals surface area (Å²) < 4.78 is 21.6. The molecule has 9 heteroatoms. The Bertz CT molecular complexity index is 1300. The van der Waals surface area contributed by atoms with Crippen LogP contribution in [0.4, 0.5) is 10.7 Å². The molecule has 0 saturated carbocycles. The Morgan fingerprint density at radius 2 is 1.74 bits per heavy atom. The van der Waals surface area contributed by atoms with E-state index >= 15 is 0 Å². The second-order valence-electron chi connectivity index (χ2n) is 9.15. The lowest BCUT2D eigenvalue weighted by molar-refractivity contribution is 0.0526. The van der Waals surface area contributed by atoms with Gasteiger partial charge in [0.2, 0.25) is 5.75 Å². The van der Waals surface area contributed by atoms with Gasteiger partial charge in [-0.25, -0.2) is 4.79 Å². The molecule has 1 aromatic heterocycles. The lowest BCUT2D eigenvalue weighted by Crippen LogP contribution is -2.18. The van der Waals surface area contributed by atoms with Crippen LogP contribution in [0, 0.1) is 5.92 Å². The number of amides is 1. The summed E-state index contributed by atoms with van der Waals surface area (Å²) >= 11 is 1.64. The normalized spacial score (nSPS) is 14.3. The first kappa shape index (κ1) is 27.3. The number of hydrogen-bond acceptors (Lipinski definition) is 8. The topological polar surface area (TPSA) is 95.1 Å². The molecule has 1 unspecified atom stereocenters. The maximum atomic E-state index is 13.6. The molecule has 4 rings (SSSR count). The molecule has 2 N–H and O–H groups in total. The number of carbonyl (C=O) groups excluding carboxylic acids is 2. The summed E-state index contributed by atoms with van der Waals surface area (Å²) in [5.41, 5.74) is 3.71. The molecule has 0 radical (unpaired) electrons. The van der Waals surface area contributed by atoms with Gasteiger partial charge in [0.25, 0.3) is 5.91 Å². The Morgan fingerprint density at radius 1 is 1.00 bits per heavy atom. The van der Waals surface area contributed by atoms with Crippen LogP contribution in [0.2, 0.25) is 0 Å². The van der Waals surface area contributed by atoms with Gasteiger partial charge in [0.05, 0.1) is 39.1 Å². The van der Waals surface area contributed by atoms with E-state index in [9.17, 15) is 9.59 Å². The van der Waals surface area contributed by atoms with Crippen molar-refractivity contribution in [2.24, 2.45) is 5.92 Å². The van der Waals surface area contributed by atoms with Crippen LogP contribution in [0.3, 0.4) is 0 Å². The average molecular weight is 539 g/mol. The number of nitrogens with one attached hydrogen (secondary N) is 2. The molecule has 2 aromatic carbocycles. The Hall–Kier alpha value is -3.72. The maximum absolute atomic E-state index is 13.6. The van der Waals surface area contributed by atoms with Crippen LogP contribution < -0.4 is 24.8 Å². The maximum Gasteiger partial charge on any atom is 0.338 e. The van der Waals surface area contributed by atoms with Crippen LogP contribution in [0.25, 0.3) is 0 Å². The SMILES string of the molecule is CCOC(=O)c1ccc(NC(=O)c2c(NCc3ccc(OC)c(OC)c3OC)sc3c2CCC(C)C3)cc1. The summed E-state index contributed by atoms with van der Waals surface area (Å²) in [4.78, 5) is 26.8. The Labute approximate surface area is 227 Å². The molecule has 1 atom stereocenters. The van der Waals surface area contributed by atoms with Crippen molar-refractivity contribution in [3.63, 3.8) is 0 Å². The number of esters is 1. The molecule has 3 aromatic rings. The molecular weight excluding hydrogens is 504 g/mol. The number of hydrogen-bond donors (Lipinski definition) is 2. The molecule has 1 aliphatic rings. The van der Waals surface area contributed by atoms with Gasteiger partial charge in [-0.05, 0) is 74.1 Å². The van der Waals surface area contributed by atoms with Gasteiger partial charge in [0.1, 0.15) is 5.00 Å². The first-order valence-corrected chi connectivity index (χ1v) is 13.5. The molecular formula is C29H34N2O6S. The van der Waals surface area contributed by atoms with Gasteiger partial charge in [-0.1, -0.05) is 6.92 Å². The third-order valence-electron chi connectivity index (χ3n) is 6.62. The lowest BCUT2D eigenvalue weighted by Gasteiger charge is -2.19. The first-order chi connectivity index (χ1) is 18.4. The predicted molar refractivity (Wildman–Crippen MR) is 149 cm³/mol. The van der Waals surface area contributed by atoms with Gasteiger partial charge < -0.3 is 29.6 Å². The van der Waals surface area contributed by atoms with E-state index in [1.54, 1.807) is 63.9 Å². The molecule has 38 heavy (non-hydrogen) atoms. The van der Waals surface area contributed by atoms with Crippen molar-refractivity contribution in [2.45, 2.75) is 39.7 Å². The molecule has 0 bridgehead atoms. The Kier molecular flexibility index (Phi) is 8.78. The van der Waals surface area contributed by atoms with Crippen molar-refractivity contribution >= 4 is 33.9 Å². The monoisotopic (exact) mass is 538 g/mol. The van der Waals surface area contributed by atoms with Crippen LogP contribution in [0.1, 0.15) is 57.0 Å². The van der Waals surface area contributed by atoms with E-state index in [1.807, 2.05) is 12.1 Å². The molecule has 0 saturated heterocycles. The van der Waals surface area contributed by atoms with Crippen LogP contribution in [-0.4, -0.2) is 39.8 Å². The van der Waals surface area contributed by atoms with Crippen molar-refractivity contribution in [1.29, 1.82) is 0 Å². The van der Waals surface area contributed by atoms with E-state index in [1.165, 1.54) is 4.88 Å². The molecule has 0 aliphatic heterocycles. The van der Waals surface area contributed by atoms with Crippen LogP contribution in [-0.2, 0) is 24.1 Å². The predicted octanol–water partition coefficient (Wildman–Crippen LogP) is 5.94. The fourth-order valence-electron chi connectivity index (χ4n) is 4.69. The highest BCUT2D eigenvalue weighted by molar-refractivity contribution is 7.16. The minimum Gasteiger partial charge on any atom is -0.493 e. The van der Waals surface area contributed by atoms with Gasteiger partial charge in [-0.2, -0.15) is 0 Å². The zero-order valence-electron chi connectivity index (χ0n) is 22.4. The van der Waals surface area contributed by atoms with Crippen molar-refractivity contribution in [1.82, 2.24) is 0 Å². The number of rotatable bonds is 10. The van der Waals surface area contributed by atoms with Crippen molar-refractivity contribution in [2.75, 3.05) is 38.6 Å². The number of ether oxygens (including phenoxy) is 4. The van der Waals surface area contributed by atoms with Gasteiger partial charge in [0.15, 0.2) is 11.5 Å². The summed E-state index contributed by atoms with van der Waals surface area (Å²) in [7, 11) is 4.76. The molecule has 1 amide bonds. The van der Waals surface area contributed by atoms with Crippen molar-refractivity contribution in [3.8, 4) is 17.2 Å². The fourth-order valence-corrected chi connectivity index (χ4v) is 6.09. The molecule has 1 heterocycles. The first-order valence-electron chi connectivity index (χ1n) is 12.6. The summed E-state index contributed by atoms with van der Waals surface area (Å²) in [5, 5.41) is 7.32. The van der Waals surface area contributed by atoms with Crippen LogP contribution >= 0.6 is 11.3 Å². The van der Waals surface area contributed by atoms with Gasteiger partial charge in [-0.15, -0.1) is 11.3 Å². The standard InChI is InChI=1S/C29H34N2O6S/c1-6-37-29(33)18-8-11-20(12-9-18)31-27(32)24-21-13-7-17(2)15-23(21)38-28(24)30-16-19-10-14-22(34-3)26(36-5)25(19)35-4/h8-12,14,17,30H,6-7,13,15-16H2,1-5H3,(H,31,32). The number of carbonyl (C=O) groups is 2. The second kappa shape index (κ2) is 12.2. The highest BCUT2D eigenvalue weighted by atomic mass is 32.1. The lowest BCUT2D eigenvalue weighted by atomic mass is 9.88. The van der Waals surface area contributed by atoms with Gasteiger partial charge in [0, 0.05) is 22.7 Å². The summed E-state index contributed by atoms with van der Waals surface area (Å²) in [6.07, 6.45) is 2.86. The number of thiophene rings is 1. The molecule has 0 fully saturated rings. The van der Waals surface area contributed by atoms with E-state index in [-0.39, 0.29) is 11.9 Å². The summed E-state index contributed by atoms with van der Waals surface area (Å²) in [6.45, 7) is 4.76. The number of benzene rings is 2. The van der Waals surface area contributed by atoms with Gasteiger partial charge in [-0.3, -0.25) is 4.79 Å². The quantitative estimate of drug-likeness (QED) is 0.309. The van der Waals surface area contributed by atoms with E-state index in [0.717, 1.165) is 35.4 Å². The molecule has 0 spiro atoms. The largest absolute Gasteiger partial charge is 0.493 e. The summed E-state index contributed by atoms with van der Waals surface area (Å²) in [5.74, 6) is 1.71. The van der Waals surface area contributed by atoms with E-state index in [4.69, 9.17) is 18.9 Å². The zero-order valence-corrected chi connectivity index (χ0v) is 23.3. The van der Waals surface area contributed by atoms with Crippen molar-refractivity contribution in [3.05, 3.63) is 63.5 Å². The fraction of sp³-hybridized carbons (Fsp3) is 0.379. The minimum absolute atomic E-state index is 0.178. The minimum atomic E-state index is -0.386. The highest BCUT2D eigenvalue weighted by Crippen LogP contribution is 2.42. The molecule has 202 valence electrons. The highest BCUT2D eigenvalue weighted by Gasteiger charge is 2.28. The Morgan fingerprint density at radius 3 is 2.39 bits per heavy atom. The second-order valence-corrected chi connectivity index (χ2v) is 10.3. The van der Waals surface area contributed by atoms with E-state index < -0.39 is 0 Å². The van der Waals surface area contributed by atoms with E-state index in [0.29, 0.717) is 53.1 Å². The zero-order chi connectivity index (χ0) is 27.2. The van der Waals surface area contributed by atoms with Gasteiger partial charge >= 0.3 is 5.97 Å².